The average Bonchev–Trinajstić information content (AvgIpc) is 3.02. The maximum Gasteiger partial charge on any atom is 0.318 e. The number of fused-ring (bicyclic) bond motifs is 1. The van der Waals surface area contributed by atoms with Crippen LogP contribution in [-0.4, -0.2) is 50.8 Å². The van der Waals surface area contributed by atoms with E-state index in [0.717, 1.165) is 17.9 Å². The van der Waals surface area contributed by atoms with Crippen molar-refractivity contribution in [2.24, 2.45) is 5.92 Å². The number of pyridine rings is 1. The second-order valence-corrected chi connectivity index (χ2v) is 7.04. The lowest BCUT2D eigenvalue weighted by Crippen LogP contribution is -2.53. The van der Waals surface area contributed by atoms with Gasteiger partial charge in [0.25, 0.3) is 0 Å². The summed E-state index contributed by atoms with van der Waals surface area (Å²) in [6.07, 6.45) is 2.98. The van der Waals surface area contributed by atoms with Gasteiger partial charge < -0.3 is 15.0 Å². The van der Waals surface area contributed by atoms with Gasteiger partial charge in [-0.1, -0.05) is 26.8 Å². The smallest absolute Gasteiger partial charge is 0.318 e. The molecule has 2 amide bonds. The van der Waals surface area contributed by atoms with Crippen LogP contribution in [0, 0.1) is 5.92 Å². The van der Waals surface area contributed by atoms with Crippen molar-refractivity contribution in [3.63, 3.8) is 0 Å². The van der Waals surface area contributed by atoms with Gasteiger partial charge in [0.15, 0.2) is 11.5 Å². The van der Waals surface area contributed by atoms with E-state index in [1.807, 2.05) is 40.6 Å². The van der Waals surface area contributed by atoms with Crippen molar-refractivity contribution in [3.8, 4) is 0 Å². The Balaban J connectivity index is 1.79. The molecule has 0 bridgehead atoms. The minimum absolute atomic E-state index is 0.0517. The third kappa shape index (κ3) is 3.76. The zero-order valence-corrected chi connectivity index (χ0v) is 15.3. The van der Waals surface area contributed by atoms with Gasteiger partial charge >= 0.3 is 6.03 Å². The van der Waals surface area contributed by atoms with Gasteiger partial charge in [-0.2, -0.15) is 0 Å². The molecule has 0 aliphatic carbocycles. The van der Waals surface area contributed by atoms with E-state index in [-0.39, 0.29) is 30.2 Å². The molecule has 0 saturated carbocycles. The predicted molar refractivity (Wildman–Crippen MR) is 95.3 cm³/mol. The molecule has 0 unspecified atom stereocenters. The third-order valence-electron chi connectivity index (χ3n) is 4.63. The molecule has 136 valence electrons. The van der Waals surface area contributed by atoms with Crippen LogP contribution < -0.4 is 5.32 Å². The molecule has 2 aromatic rings. The molecule has 7 nitrogen and oxygen atoms in total. The maximum atomic E-state index is 12.9. The molecule has 2 aromatic heterocycles. The number of hydrogen-bond acceptors (Lipinski definition) is 4. The molecule has 1 aliphatic heterocycles. The van der Waals surface area contributed by atoms with Gasteiger partial charge in [0.1, 0.15) is 0 Å². The largest absolute Gasteiger partial charge is 0.372 e. The number of aromatic nitrogens is 3. The quantitative estimate of drug-likeness (QED) is 0.925. The van der Waals surface area contributed by atoms with E-state index in [1.54, 1.807) is 0 Å². The van der Waals surface area contributed by atoms with Crippen LogP contribution in [0.3, 0.4) is 0 Å². The van der Waals surface area contributed by atoms with Crippen LogP contribution in [0.25, 0.3) is 5.65 Å². The third-order valence-corrected chi connectivity index (χ3v) is 4.63. The van der Waals surface area contributed by atoms with Crippen molar-refractivity contribution in [1.29, 1.82) is 0 Å². The highest BCUT2D eigenvalue weighted by Crippen LogP contribution is 2.22. The summed E-state index contributed by atoms with van der Waals surface area (Å²) in [4.78, 5) is 14.7. The maximum absolute atomic E-state index is 12.9. The van der Waals surface area contributed by atoms with Crippen molar-refractivity contribution in [3.05, 3.63) is 30.2 Å². The molecule has 1 aliphatic rings. The lowest BCUT2D eigenvalue weighted by molar-refractivity contribution is -0.0649. The van der Waals surface area contributed by atoms with E-state index in [0.29, 0.717) is 13.1 Å². The Hall–Kier alpha value is -2.15. The highest BCUT2D eigenvalue weighted by molar-refractivity contribution is 5.75. The number of hydrogen-bond donors (Lipinski definition) is 1. The Labute approximate surface area is 148 Å². The number of rotatable bonds is 4. The summed E-state index contributed by atoms with van der Waals surface area (Å²) in [6, 6.07) is 5.50. The minimum Gasteiger partial charge on any atom is -0.372 e. The van der Waals surface area contributed by atoms with Crippen LogP contribution in [0.1, 0.15) is 46.0 Å². The van der Waals surface area contributed by atoms with Crippen molar-refractivity contribution in [2.75, 3.05) is 13.1 Å². The molecule has 1 N–H and O–H groups in total. The van der Waals surface area contributed by atoms with Crippen LogP contribution in [-0.2, 0) is 4.74 Å². The van der Waals surface area contributed by atoms with E-state index in [2.05, 4.69) is 36.3 Å². The van der Waals surface area contributed by atoms with Gasteiger partial charge in [-0.15, -0.1) is 10.2 Å². The van der Waals surface area contributed by atoms with Crippen molar-refractivity contribution in [1.82, 2.24) is 24.8 Å². The number of carbonyl (C=O) groups is 1. The molecule has 0 spiro atoms. The lowest BCUT2D eigenvalue weighted by Gasteiger charge is -2.37. The minimum atomic E-state index is -0.205. The van der Waals surface area contributed by atoms with Gasteiger partial charge in [0, 0.05) is 19.3 Å². The van der Waals surface area contributed by atoms with E-state index >= 15 is 0 Å². The molecule has 0 radical (unpaired) electrons. The number of urea groups is 1. The van der Waals surface area contributed by atoms with Gasteiger partial charge in [0.05, 0.1) is 18.2 Å². The first kappa shape index (κ1) is 17.7. The summed E-state index contributed by atoms with van der Waals surface area (Å²) >= 11 is 0. The normalized spacial score (nSPS) is 22.4. The highest BCUT2D eigenvalue weighted by Gasteiger charge is 2.30. The van der Waals surface area contributed by atoms with Gasteiger partial charge in [0.2, 0.25) is 0 Å². The van der Waals surface area contributed by atoms with Crippen molar-refractivity contribution >= 4 is 11.7 Å². The molecule has 1 fully saturated rings. The molecular weight excluding hydrogens is 318 g/mol. The summed E-state index contributed by atoms with van der Waals surface area (Å²) in [5, 5.41) is 11.7. The first-order chi connectivity index (χ1) is 12.0. The summed E-state index contributed by atoms with van der Waals surface area (Å²) < 4.78 is 7.78. The Morgan fingerprint density at radius 1 is 1.36 bits per heavy atom. The second kappa shape index (κ2) is 7.39. The fourth-order valence-corrected chi connectivity index (χ4v) is 3.26. The van der Waals surface area contributed by atoms with Crippen LogP contribution in [0.4, 0.5) is 4.79 Å². The number of nitrogens with zero attached hydrogens (tertiary/aromatic N) is 4. The fourth-order valence-electron chi connectivity index (χ4n) is 3.26. The summed E-state index contributed by atoms with van der Waals surface area (Å²) in [6.45, 7) is 9.47. The van der Waals surface area contributed by atoms with Gasteiger partial charge in [-0.3, -0.25) is 4.40 Å². The molecule has 1 saturated heterocycles. The van der Waals surface area contributed by atoms with Crippen LogP contribution in [0.2, 0.25) is 0 Å². The average molecular weight is 345 g/mol. The van der Waals surface area contributed by atoms with Crippen LogP contribution in [0.15, 0.2) is 24.4 Å². The number of amides is 2. The monoisotopic (exact) mass is 345 g/mol. The first-order valence-corrected chi connectivity index (χ1v) is 9.00. The summed E-state index contributed by atoms with van der Waals surface area (Å²) in [5.74, 6) is 0.948. The lowest BCUT2D eigenvalue weighted by atomic mass is 10.0. The molecule has 3 atom stereocenters. The fraction of sp³-hybridized carbons (Fsp3) is 0.611. The zero-order valence-electron chi connectivity index (χ0n) is 15.3. The highest BCUT2D eigenvalue weighted by atomic mass is 16.5. The Morgan fingerprint density at radius 3 is 2.88 bits per heavy atom. The number of ether oxygens (including phenoxy) is 1. The van der Waals surface area contributed by atoms with Crippen molar-refractivity contribution in [2.45, 2.75) is 52.4 Å². The van der Waals surface area contributed by atoms with E-state index in [1.165, 1.54) is 0 Å². The molecule has 3 rings (SSSR count). The molecule has 0 aromatic carbocycles. The number of carbonyl (C=O) groups excluding carboxylic acids is 1. The Bertz CT molecular complexity index is 729. The van der Waals surface area contributed by atoms with Crippen LogP contribution in [0.5, 0.6) is 0 Å². The van der Waals surface area contributed by atoms with E-state index in [9.17, 15) is 4.79 Å². The second-order valence-electron chi connectivity index (χ2n) is 7.04. The number of nitrogens with one attached hydrogen (secondary N) is 1. The number of morpholine rings is 1. The summed E-state index contributed by atoms with van der Waals surface area (Å²) in [7, 11) is 0. The standard InChI is InChI=1S/C18H27N5O2/c1-5-14-11-22(10-13(4)25-14)18(24)19-16(12(2)3)17-21-20-15-8-6-7-9-23(15)17/h6-9,12-14,16H,5,10-11H2,1-4H3,(H,19,24)/t13-,14-,16-/m1/s1. The SMILES string of the molecule is CC[C@@H]1CN(C(=O)N[C@@H](c2nnc3ccccn23)C(C)C)C[C@@H](C)O1. The molecule has 25 heavy (non-hydrogen) atoms. The predicted octanol–water partition coefficient (Wildman–Crippen LogP) is 2.64. The first-order valence-electron chi connectivity index (χ1n) is 9.00. The Kier molecular flexibility index (Phi) is 5.22. The van der Waals surface area contributed by atoms with E-state index < -0.39 is 0 Å². The van der Waals surface area contributed by atoms with Crippen LogP contribution >= 0.6 is 0 Å². The van der Waals surface area contributed by atoms with Crippen molar-refractivity contribution < 1.29 is 9.53 Å². The topological polar surface area (TPSA) is 71.8 Å². The zero-order chi connectivity index (χ0) is 18.0. The Morgan fingerprint density at radius 2 is 2.16 bits per heavy atom. The van der Waals surface area contributed by atoms with Gasteiger partial charge in [-0.25, -0.2) is 4.79 Å². The van der Waals surface area contributed by atoms with Gasteiger partial charge in [-0.05, 0) is 31.4 Å². The molecule has 7 heteroatoms. The molecule has 3 heterocycles. The van der Waals surface area contributed by atoms with E-state index in [4.69, 9.17) is 4.74 Å². The molecular formula is C18H27N5O2. The summed E-state index contributed by atoms with van der Waals surface area (Å²) in [5.41, 5.74) is 0.781.